The molecule has 44 heavy (non-hydrogen) atoms. The van der Waals surface area contributed by atoms with Crippen molar-refractivity contribution in [3.8, 4) is 0 Å². The number of carbonyl (C=O) groups excluding carboxylic acids is 2. The van der Waals surface area contributed by atoms with Crippen LogP contribution in [0.1, 0.15) is 59.5 Å². The van der Waals surface area contributed by atoms with Gasteiger partial charge in [0.25, 0.3) is 0 Å². The highest BCUT2D eigenvalue weighted by Crippen LogP contribution is 2.49. The summed E-state index contributed by atoms with van der Waals surface area (Å²) in [6.45, 7) is -1.85. The second-order valence-corrected chi connectivity index (χ2v) is 10.5. The number of aliphatic hydroxyl groups excluding tert-OH is 1. The molecule has 7 nitrogen and oxygen atoms in total. The minimum Gasteiger partial charge on any atom is -0.453 e. The Morgan fingerprint density at radius 2 is 1.50 bits per heavy atom. The van der Waals surface area contributed by atoms with Crippen LogP contribution < -0.4 is 4.90 Å². The van der Waals surface area contributed by atoms with E-state index in [-0.39, 0.29) is 29.7 Å². The van der Waals surface area contributed by atoms with Crippen LogP contribution in [0.5, 0.6) is 0 Å². The van der Waals surface area contributed by atoms with Crippen LogP contribution in [0.15, 0.2) is 36.4 Å². The third-order valence-electron chi connectivity index (χ3n) is 7.76. The molecule has 0 spiro atoms. The standard InChI is InChI=1S/C28H27F9N2O5/c1-43-24(41)38(14-15-9-18(27(32,33)34)11-19(10-15)28(35,36)37)23-13-22(16-3-2-4-16)39(25(42)44-8-7-40)21-6-5-17(12-20(21)23)26(29,30)31/h5-6,9-12,16,22-23,40H,2-4,7-8,13-14H2,1H3/t22-,23-/m1/s1. The number of alkyl halides is 9. The second-order valence-electron chi connectivity index (χ2n) is 10.5. The van der Waals surface area contributed by atoms with Gasteiger partial charge in [0, 0.05) is 12.6 Å². The molecule has 0 aromatic heterocycles. The highest BCUT2D eigenvalue weighted by atomic mass is 19.4. The molecule has 0 saturated heterocycles. The molecule has 1 aliphatic carbocycles. The van der Waals surface area contributed by atoms with Crippen LogP contribution in [0.25, 0.3) is 0 Å². The predicted octanol–water partition coefficient (Wildman–Crippen LogP) is 7.56. The molecule has 1 heterocycles. The lowest BCUT2D eigenvalue weighted by atomic mass is 9.74. The summed E-state index contributed by atoms with van der Waals surface area (Å²) in [5.74, 6) is -0.209. The number of amides is 2. The Hall–Kier alpha value is -3.69. The summed E-state index contributed by atoms with van der Waals surface area (Å²) >= 11 is 0. The monoisotopic (exact) mass is 642 g/mol. The first-order valence-electron chi connectivity index (χ1n) is 13.4. The van der Waals surface area contributed by atoms with Gasteiger partial charge in [-0.3, -0.25) is 9.80 Å². The molecular weight excluding hydrogens is 615 g/mol. The van der Waals surface area contributed by atoms with Crippen LogP contribution in [0, 0.1) is 5.92 Å². The molecule has 0 bridgehead atoms. The first kappa shape index (κ1) is 33.2. The van der Waals surface area contributed by atoms with Gasteiger partial charge in [-0.15, -0.1) is 0 Å². The average Bonchev–Trinajstić information content (AvgIpc) is 2.91. The second kappa shape index (κ2) is 12.4. The Bertz CT molecular complexity index is 1340. The molecule has 1 aliphatic heterocycles. The topological polar surface area (TPSA) is 79.3 Å². The van der Waals surface area contributed by atoms with E-state index in [1.165, 1.54) is 0 Å². The fraction of sp³-hybridized carbons (Fsp3) is 0.500. The third-order valence-corrected chi connectivity index (χ3v) is 7.76. The summed E-state index contributed by atoms with van der Waals surface area (Å²) in [7, 11) is 0.903. The summed E-state index contributed by atoms with van der Waals surface area (Å²) in [6, 6.07) is 0.992. The summed E-state index contributed by atoms with van der Waals surface area (Å²) in [5.41, 5.74) is -5.39. The molecule has 242 valence electrons. The minimum atomic E-state index is -5.18. The van der Waals surface area contributed by atoms with Crippen molar-refractivity contribution >= 4 is 17.9 Å². The summed E-state index contributed by atoms with van der Waals surface area (Å²) in [4.78, 5) is 28.1. The number of hydrogen-bond donors (Lipinski definition) is 1. The minimum absolute atomic E-state index is 0.0833. The Morgan fingerprint density at radius 3 is 1.98 bits per heavy atom. The Morgan fingerprint density at radius 1 is 0.909 bits per heavy atom. The zero-order valence-electron chi connectivity index (χ0n) is 23.0. The molecule has 0 unspecified atom stereocenters. The smallest absolute Gasteiger partial charge is 0.416 e. The maximum atomic E-state index is 13.8. The molecule has 0 radical (unpaired) electrons. The molecule has 2 aromatic carbocycles. The quantitative estimate of drug-likeness (QED) is 0.329. The summed E-state index contributed by atoms with van der Waals surface area (Å²) in [5, 5.41) is 9.13. The summed E-state index contributed by atoms with van der Waals surface area (Å²) < 4.78 is 133. The van der Waals surface area contributed by atoms with Crippen molar-refractivity contribution in [2.24, 2.45) is 5.92 Å². The van der Waals surface area contributed by atoms with Crippen LogP contribution in [-0.4, -0.2) is 48.6 Å². The average molecular weight is 643 g/mol. The Balaban J connectivity index is 1.89. The van der Waals surface area contributed by atoms with E-state index in [1.807, 2.05) is 0 Å². The van der Waals surface area contributed by atoms with Crippen LogP contribution in [0.3, 0.4) is 0 Å². The van der Waals surface area contributed by atoms with Gasteiger partial charge in [-0.1, -0.05) is 6.42 Å². The molecule has 1 saturated carbocycles. The van der Waals surface area contributed by atoms with Crippen LogP contribution >= 0.6 is 0 Å². The highest BCUT2D eigenvalue weighted by Gasteiger charge is 2.46. The van der Waals surface area contributed by atoms with Gasteiger partial charge in [0.2, 0.25) is 0 Å². The molecule has 2 atom stereocenters. The van der Waals surface area contributed by atoms with Crippen molar-refractivity contribution < 1.29 is 63.7 Å². The van der Waals surface area contributed by atoms with Gasteiger partial charge in [0.15, 0.2) is 0 Å². The zero-order chi connectivity index (χ0) is 32.6. The van der Waals surface area contributed by atoms with Crippen LogP contribution in [-0.2, 0) is 34.5 Å². The summed E-state index contributed by atoms with van der Waals surface area (Å²) in [6.07, 6.45) is -15.7. The number of ether oxygens (including phenoxy) is 2. The fourth-order valence-electron chi connectivity index (χ4n) is 5.54. The first-order valence-corrected chi connectivity index (χ1v) is 13.4. The molecule has 16 heteroatoms. The van der Waals surface area contributed by atoms with E-state index >= 15 is 0 Å². The van der Waals surface area contributed by atoms with E-state index in [9.17, 15) is 49.1 Å². The fourth-order valence-corrected chi connectivity index (χ4v) is 5.54. The van der Waals surface area contributed by atoms with Gasteiger partial charge < -0.3 is 14.6 Å². The normalized spacial score (nSPS) is 19.2. The van der Waals surface area contributed by atoms with Crippen LogP contribution in [0.2, 0.25) is 0 Å². The molecule has 2 aromatic rings. The van der Waals surface area contributed by atoms with Crippen molar-refractivity contribution in [2.45, 2.75) is 62.8 Å². The number of methoxy groups -OCH3 is 1. The largest absolute Gasteiger partial charge is 0.453 e. The number of fused-ring (bicyclic) bond motifs is 1. The van der Waals surface area contributed by atoms with Gasteiger partial charge >= 0.3 is 30.7 Å². The molecule has 1 fully saturated rings. The number of carbonyl (C=O) groups is 2. The first-order chi connectivity index (χ1) is 20.5. The van der Waals surface area contributed by atoms with Crippen molar-refractivity contribution in [3.05, 3.63) is 64.2 Å². The number of benzene rings is 2. The van der Waals surface area contributed by atoms with Crippen molar-refractivity contribution in [2.75, 3.05) is 25.2 Å². The van der Waals surface area contributed by atoms with E-state index in [0.29, 0.717) is 37.1 Å². The van der Waals surface area contributed by atoms with Gasteiger partial charge in [-0.05, 0) is 72.7 Å². The van der Waals surface area contributed by atoms with Gasteiger partial charge in [0.05, 0.1) is 42.1 Å². The lowest BCUT2D eigenvalue weighted by Crippen LogP contribution is -2.53. The van der Waals surface area contributed by atoms with E-state index in [2.05, 4.69) is 0 Å². The number of rotatable bonds is 6. The number of anilines is 1. The van der Waals surface area contributed by atoms with E-state index in [4.69, 9.17) is 14.6 Å². The maximum Gasteiger partial charge on any atom is 0.416 e. The van der Waals surface area contributed by atoms with Crippen molar-refractivity contribution in [1.82, 2.24) is 4.90 Å². The zero-order valence-corrected chi connectivity index (χ0v) is 23.0. The molecular formula is C28H27F9N2O5. The van der Waals surface area contributed by atoms with E-state index < -0.39 is 84.8 Å². The Labute approximate surface area is 245 Å². The van der Waals surface area contributed by atoms with Gasteiger partial charge in [-0.25, -0.2) is 9.59 Å². The number of aliphatic hydroxyl groups is 1. The Kier molecular flexibility index (Phi) is 9.33. The number of halogens is 9. The van der Waals surface area contributed by atoms with Gasteiger partial charge in [-0.2, -0.15) is 39.5 Å². The van der Waals surface area contributed by atoms with Crippen LogP contribution in [0.4, 0.5) is 54.8 Å². The lowest BCUT2D eigenvalue weighted by molar-refractivity contribution is -0.143. The SMILES string of the molecule is COC(=O)N(Cc1cc(C(F)(F)F)cc(C(F)(F)F)c1)[C@@H]1C[C@H](C2CCC2)N(C(=O)OCCO)c2ccc(C(F)(F)F)cc21. The van der Waals surface area contributed by atoms with E-state index in [1.54, 1.807) is 0 Å². The van der Waals surface area contributed by atoms with Crippen molar-refractivity contribution in [1.29, 1.82) is 0 Å². The van der Waals surface area contributed by atoms with Gasteiger partial charge in [0.1, 0.15) is 6.61 Å². The van der Waals surface area contributed by atoms with E-state index in [0.717, 1.165) is 29.4 Å². The maximum absolute atomic E-state index is 13.8. The number of nitrogens with zero attached hydrogens (tertiary/aromatic N) is 2. The molecule has 4 rings (SSSR count). The highest BCUT2D eigenvalue weighted by molar-refractivity contribution is 5.91. The lowest BCUT2D eigenvalue weighted by Gasteiger charge is -2.48. The predicted molar refractivity (Wildman–Crippen MR) is 135 cm³/mol. The molecule has 2 amide bonds. The van der Waals surface area contributed by atoms with Crippen molar-refractivity contribution in [3.63, 3.8) is 0 Å². The number of hydrogen-bond acceptors (Lipinski definition) is 5. The third kappa shape index (κ3) is 7.00. The molecule has 1 N–H and O–H groups in total. The molecule has 2 aliphatic rings.